The van der Waals surface area contributed by atoms with Crippen molar-refractivity contribution in [3.05, 3.63) is 29.6 Å². The Labute approximate surface area is 98.0 Å². The van der Waals surface area contributed by atoms with E-state index in [-0.39, 0.29) is 11.5 Å². The summed E-state index contributed by atoms with van der Waals surface area (Å²) in [5, 5.41) is 2.50. The van der Waals surface area contributed by atoms with E-state index in [1.165, 1.54) is 0 Å². The molecule has 1 aromatic rings. The Kier molecular flexibility index (Phi) is 4.96. The number of amides is 1. The summed E-state index contributed by atoms with van der Waals surface area (Å²) in [6.07, 6.45) is 1.05. The maximum Gasteiger partial charge on any atom is 0.254 e. The minimum atomic E-state index is -1.28. The summed E-state index contributed by atoms with van der Waals surface area (Å²) >= 11 is 0. The second-order valence-electron chi connectivity index (χ2n) is 3.73. The van der Waals surface area contributed by atoms with Gasteiger partial charge in [0, 0.05) is 19.9 Å². The zero-order valence-electron chi connectivity index (χ0n) is 9.67. The molecular weight excluding hydrogens is 230 g/mol. The number of halogens is 2. The number of pyridine rings is 1. The Bertz CT molecular complexity index is 399. The summed E-state index contributed by atoms with van der Waals surface area (Å²) in [4.78, 5) is 14.6. The van der Waals surface area contributed by atoms with Gasteiger partial charge in [0.15, 0.2) is 5.82 Å². The molecule has 1 aromatic heterocycles. The molecule has 0 fully saturated rings. The lowest BCUT2D eigenvalue weighted by Crippen LogP contribution is -2.30. The SMILES string of the molecule is COCC(C)CNC(=O)c1ccnc(F)c1F. The lowest BCUT2D eigenvalue weighted by Gasteiger charge is -2.11. The fourth-order valence-corrected chi connectivity index (χ4v) is 1.30. The van der Waals surface area contributed by atoms with E-state index < -0.39 is 17.7 Å². The van der Waals surface area contributed by atoms with Crippen LogP contribution in [0.3, 0.4) is 0 Å². The van der Waals surface area contributed by atoms with Gasteiger partial charge in [-0.3, -0.25) is 4.79 Å². The Balaban J connectivity index is 2.61. The molecule has 17 heavy (non-hydrogen) atoms. The van der Waals surface area contributed by atoms with Crippen molar-refractivity contribution in [2.45, 2.75) is 6.92 Å². The maximum absolute atomic E-state index is 13.2. The van der Waals surface area contributed by atoms with Crippen LogP contribution < -0.4 is 5.32 Å². The highest BCUT2D eigenvalue weighted by Crippen LogP contribution is 2.08. The maximum atomic E-state index is 13.2. The summed E-state index contributed by atoms with van der Waals surface area (Å²) in [6.45, 7) is 2.68. The first-order chi connectivity index (χ1) is 8.06. The number of nitrogens with zero attached hydrogens (tertiary/aromatic N) is 1. The number of hydrogen-bond donors (Lipinski definition) is 1. The van der Waals surface area contributed by atoms with E-state index in [9.17, 15) is 13.6 Å². The van der Waals surface area contributed by atoms with Crippen LogP contribution in [0.4, 0.5) is 8.78 Å². The van der Waals surface area contributed by atoms with E-state index in [2.05, 4.69) is 10.3 Å². The van der Waals surface area contributed by atoms with Gasteiger partial charge in [0.05, 0.1) is 12.2 Å². The zero-order valence-corrected chi connectivity index (χ0v) is 9.67. The predicted molar refractivity (Wildman–Crippen MR) is 57.5 cm³/mol. The molecular formula is C11H14F2N2O2. The van der Waals surface area contributed by atoms with E-state index in [4.69, 9.17) is 4.74 Å². The molecule has 1 heterocycles. The highest BCUT2D eigenvalue weighted by Gasteiger charge is 2.16. The smallest absolute Gasteiger partial charge is 0.254 e. The van der Waals surface area contributed by atoms with Crippen LogP contribution in [0.15, 0.2) is 12.3 Å². The Morgan fingerprint density at radius 1 is 1.59 bits per heavy atom. The lowest BCUT2D eigenvalue weighted by atomic mass is 10.2. The topological polar surface area (TPSA) is 51.2 Å². The fourth-order valence-electron chi connectivity index (χ4n) is 1.30. The third-order valence-corrected chi connectivity index (χ3v) is 2.15. The first-order valence-electron chi connectivity index (χ1n) is 5.13. The molecule has 0 aliphatic rings. The molecule has 6 heteroatoms. The molecule has 1 atom stereocenters. The van der Waals surface area contributed by atoms with Crippen molar-refractivity contribution in [3.63, 3.8) is 0 Å². The normalized spacial score (nSPS) is 12.2. The van der Waals surface area contributed by atoms with Crippen LogP contribution in [0.2, 0.25) is 0 Å². The first kappa shape index (κ1) is 13.5. The molecule has 0 saturated heterocycles. The molecule has 4 nitrogen and oxygen atoms in total. The van der Waals surface area contributed by atoms with Crippen LogP contribution >= 0.6 is 0 Å². The molecule has 0 bridgehead atoms. The molecule has 0 radical (unpaired) electrons. The number of methoxy groups -OCH3 is 1. The third-order valence-electron chi connectivity index (χ3n) is 2.15. The van der Waals surface area contributed by atoms with Crippen molar-refractivity contribution >= 4 is 5.91 Å². The van der Waals surface area contributed by atoms with Gasteiger partial charge in [-0.15, -0.1) is 0 Å². The van der Waals surface area contributed by atoms with Gasteiger partial charge in [-0.05, 0) is 12.0 Å². The molecule has 1 amide bonds. The fraction of sp³-hybridized carbons (Fsp3) is 0.455. The lowest BCUT2D eigenvalue weighted by molar-refractivity contribution is 0.0928. The van der Waals surface area contributed by atoms with Crippen molar-refractivity contribution in [1.29, 1.82) is 0 Å². The summed E-state index contributed by atoms with van der Waals surface area (Å²) in [7, 11) is 1.55. The standard InChI is InChI=1S/C11H14F2N2O2/c1-7(6-17-2)5-15-11(16)8-3-4-14-10(13)9(8)12/h3-4,7H,5-6H2,1-2H3,(H,15,16). The molecule has 0 saturated carbocycles. The number of hydrogen-bond acceptors (Lipinski definition) is 3. The van der Waals surface area contributed by atoms with Crippen LogP contribution in [0.1, 0.15) is 17.3 Å². The Morgan fingerprint density at radius 2 is 2.29 bits per heavy atom. The van der Waals surface area contributed by atoms with Crippen molar-refractivity contribution < 1.29 is 18.3 Å². The van der Waals surface area contributed by atoms with Gasteiger partial charge in [-0.1, -0.05) is 6.92 Å². The van der Waals surface area contributed by atoms with Crippen LogP contribution in [-0.4, -0.2) is 31.2 Å². The Hall–Kier alpha value is -1.56. The molecule has 94 valence electrons. The second kappa shape index (κ2) is 6.24. The van der Waals surface area contributed by atoms with Crippen LogP contribution in [-0.2, 0) is 4.74 Å². The summed E-state index contributed by atoms with van der Waals surface area (Å²) in [5.74, 6) is -3.07. The summed E-state index contributed by atoms with van der Waals surface area (Å²) in [6, 6.07) is 1.13. The van der Waals surface area contributed by atoms with Gasteiger partial charge >= 0.3 is 0 Å². The van der Waals surface area contributed by atoms with Gasteiger partial charge in [0.2, 0.25) is 5.95 Å². The average Bonchev–Trinajstić information content (AvgIpc) is 2.30. The van der Waals surface area contributed by atoms with Gasteiger partial charge < -0.3 is 10.1 Å². The quantitative estimate of drug-likeness (QED) is 0.796. The molecule has 0 aromatic carbocycles. The number of carbonyl (C=O) groups excluding carboxylic acids is 1. The number of rotatable bonds is 5. The van der Waals surface area contributed by atoms with E-state index >= 15 is 0 Å². The minimum Gasteiger partial charge on any atom is -0.384 e. The van der Waals surface area contributed by atoms with Crippen molar-refractivity contribution in [3.8, 4) is 0 Å². The van der Waals surface area contributed by atoms with Crippen molar-refractivity contribution in [1.82, 2.24) is 10.3 Å². The molecule has 0 aliphatic carbocycles. The molecule has 0 aliphatic heterocycles. The molecule has 1 rings (SSSR count). The third kappa shape index (κ3) is 3.74. The highest BCUT2D eigenvalue weighted by atomic mass is 19.2. The van der Waals surface area contributed by atoms with Crippen LogP contribution in [0.5, 0.6) is 0 Å². The van der Waals surface area contributed by atoms with E-state index in [1.807, 2.05) is 6.92 Å². The number of ether oxygens (including phenoxy) is 1. The van der Waals surface area contributed by atoms with Crippen molar-refractivity contribution in [2.75, 3.05) is 20.3 Å². The number of carbonyl (C=O) groups is 1. The molecule has 1 N–H and O–H groups in total. The van der Waals surface area contributed by atoms with Gasteiger partial charge in [-0.25, -0.2) is 9.37 Å². The van der Waals surface area contributed by atoms with E-state index in [0.29, 0.717) is 13.2 Å². The van der Waals surface area contributed by atoms with E-state index in [0.717, 1.165) is 12.3 Å². The molecule has 1 unspecified atom stereocenters. The number of aromatic nitrogens is 1. The zero-order chi connectivity index (χ0) is 12.8. The van der Waals surface area contributed by atoms with E-state index in [1.54, 1.807) is 7.11 Å². The monoisotopic (exact) mass is 244 g/mol. The van der Waals surface area contributed by atoms with Gasteiger partial charge in [0.1, 0.15) is 0 Å². The minimum absolute atomic E-state index is 0.0960. The number of nitrogens with one attached hydrogen (secondary N) is 1. The van der Waals surface area contributed by atoms with Crippen molar-refractivity contribution in [2.24, 2.45) is 5.92 Å². The largest absolute Gasteiger partial charge is 0.384 e. The highest BCUT2D eigenvalue weighted by molar-refractivity contribution is 5.94. The Morgan fingerprint density at radius 3 is 2.94 bits per heavy atom. The molecule has 0 spiro atoms. The van der Waals surface area contributed by atoms with Gasteiger partial charge in [-0.2, -0.15) is 4.39 Å². The summed E-state index contributed by atoms with van der Waals surface area (Å²) < 4.78 is 30.9. The predicted octanol–water partition coefficient (Wildman–Crippen LogP) is 1.37. The van der Waals surface area contributed by atoms with Crippen LogP contribution in [0.25, 0.3) is 0 Å². The average molecular weight is 244 g/mol. The van der Waals surface area contributed by atoms with Crippen LogP contribution in [0, 0.1) is 17.7 Å². The second-order valence-corrected chi connectivity index (χ2v) is 3.73. The first-order valence-corrected chi connectivity index (χ1v) is 5.13. The summed E-state index contributed by atoms with van der Waals surface area (Å²) in [5.41, 5.74) is -0.345. The van der Waals surface area contributed by atoms with Gasteiger partial charge in [0.25, 0.3) is 5.91 Å².